The highest BCUT2D eigenvalue weighted by atomic mass is 19.4. The summed E-state index contributed by atoms with van der Waals surface area (Å²) < 4.78 is 38.2. The van der Waals surface area contributed by atoms with Crippen molar-refractivity contribution >= 4 is 5.57 Å². The maximum atomic E-state index is 12.7. The van der Waals surface area contributed by atoms with Gasteiger partial charge in [0.05, 0.1) is 5.56 Å². The summed E-state index contributed by atoms with van der Waals surface area (Å²) >= 11 is 0. The SMILES string of the molecule is C=C(C)c1ccc(C)c(Cc2cccc(C(F)(F)F)c2)c1. The predicted octanol–water partition coefficient (Wildman–Crippen LogP) is 5.64. The van der Waals surface area contributed by atoms with Crippen molar-refractivity contribution in [3.8, 4) is 0 Å². The van der Waals surface area contributed by atoms with Gasteiger partial charge in [-0.15, -0.1) is 0 Å². The van der Waals surface area contributed by atoms with E-state index in [1.54, 1.807) is 6.07 Å². The zero-order valence-electron chi connectivity index (χ0n) is 12.1. The Kier molecular flexibility index (Phi) is 4.21. The Morgan fingerprint density at radius 3 is 2.43 bits per heavy atom. The summed E-state index contributed by atoms with van der Waals surface area (Å²) in [6, 6.07) is 11.4. The summed E-state index contributed by atoms with van der Waals surface area (Å²) in [5.74, 6) is 0. The van der Waals surface area contributed by atoms with Gasteiger partial charge in [0.25, 0.3) is 0 Å². The molecule has 0 saturated carbocycles. The van der Waals surface area contributed by atoms with Crippen molar-refractivity contribution in [1.82, 2.24) is 0 Å². The first-order valence-corrected chi connectivity index (χ1v) is 6.69. The molecule has 0 aliphatic rings. The summed E-state index contributed by atoms with van der Waals surface area (Å²) in [7, 11) is 0. The quantitative estimate of drug-likeness (QED) is 0.686. The zero-order chi connectivity index (χ0) is 15.6. The van der Waals surface area contributed by atoms with Crippen LogP contribution in [0.4, 0.5) is 13.2 Å². The molecule has 0 aliphatic heterocycles. The molecule has 21 heavy (non-hydrogen) atoms. The van der Waals surface area contributed by atoms with Crippen LogP contribution in [0.15, 0.2) is 49.0 Å². The number of halogens is 3. The second kappa shape index (κ2) is 5.76. The summed E-state index contributed by atoms with van der Waals surface area (Å²) in [5, 5.41) is 0. The molecule has 0 radical (unpaired) electrons. The average molecular weight is 290 g/mol. The molecule has 0 fully saturated rings. The Morgan fingerprint density at radius 2 is 1.81 bits per heavy atom. The lowest BCUT2D eigenvalue weighted by molar-refractivity contribution is -0.137. The first kappa shape index (κ1) is 15.4. The van der Waals surface area contributed by atoms with Crippen LogP contribution in [0.2, 0.25) is 0 Å². The molecule has 2 aromatic carbocycles. The van der Waals surface area contributed by atoms with Gasteiger partial charge in [0.15, 0.2) is 0 Å². The molecule has 0 amide bonds. The number of alkyl halides is 3. The van der Waals surface area contributed by atoms with E-state index >= 15 is 0 Å². The Hall–Kier alpha value is -2.03. The molecular weight excluding hydrogens is 273 g/mol. The van der Waals surface area contributed by atoms with Gasteiger partial charge < -0.3 is 0 Å². The van der Waals surface area contributed by atoms with E-state index in [4.69, 9.17) is 0 Å². The normalized spacial score (nSPS) is 11.5. The second-order valence-corrected chi connectivity index (χ2v) is 5.30. The molecule has 3 heteroatoms. The molecule has 0 heterocycles. The Balaban J connectivity index is 2.34. The Bertz CT molecular complexity index is 666. The fraction of sp³-hybridized carbons (Fsp3) is 0.222. The smallest absolute Gasteiger partial charge is 0.166 e. The minimum Gasteiger partial charge on any atom is -0.166 e. The molecule has 2 rings (SSSR count). The molecule has 2 aromatic rings. The van der Waals surface area contributed by atoms with Gasteiger partial charge >= 0.3 is 6.18 Å². The molecule has 0 aromatic heterocycles. The zero-order valence-corrected chi connectivity index (χ0v) is 12.1. The summed E-state index contributed by atoms with van der Waals surface area (Å²) in [6.45, 7) is 7.78. The van der Waals surface area contributed by atoms with Crippen LogP contribution in [0.3, 0.4) is 0 Å². The van der Waals surface area contributed by atoms with Crippen LogP contribution < -0.4 is 0 Å². The molecule has 110 valence electrons. The molecule has 0 atom stereocenters. The van der Waals surface area contributed by atoms with E-state index in [0.717, 1.165) is 28.3 Å². The highest BCUT2D eigenvalue weighted by Crippen LogP contribution is 2.30. The van der Waals surface area contributed by atoms with E-state index < -0.39 is 11.7 Å². The molecular formula is C18H17F3. The van der Waals surface area contributed by atoms with Crippen molar-refractivity contribution in [3.63, 3.8) is 0 Å². The third-order valence-electron chi connectivity index (χ3n) is 3.49. The minimum atomic E-state index is -4.30. The van der Waals surface area contributed by atoms with Crippen LogP contribution >= 0.6 is 0 Å². The largest absolute Gasteiger partial charge is 0.416 e. The van der Waals surface area contributed by atoms with Gasteiger partial charge in [-0.1, -0.05) is 48.6 Å². The van der Waals surface area contributed by atoms with Crippen molar-refractivity contribution in [2.75, 3.05) is 0 Å². The molecule has 0 aliphatic carbocycles. The number of aryl methyl sites for hydroxylation is 1. The highest BCUT2D eigenvalue weighted by Gasteiger charge is 2.30. The van der Waals surface area contributed by atoms with E-state index in [1.165, 1.54) is 12.1 Å². The molecule has 0 N–H and O–H groups in total. The highest BCUT2D eigenvalue weighted by molar-refractivity contribution is 5.62. The van der Waals surface area contributed by atoms with E-state index in [1.807, 2.05) is 32.0 Å². The number of rotatable bonds is 3. The van der Waals surface area contributed by atoms with Crippen LogP contribution in [-0.2, 0) is 12.6 Å². The van der Waals surface area contributed by atoms with E-state index in [9.17, 15) is 13.2 Å². The lowest BCUT2D eigenvalue weighted by Crippen LogP contribution is -2.05. The summed E-state index contributed by atoms with van der Waals surface area (Å²) in [6.07, 6.45) is -3.82. The Morgan fingerprint density at radius 1 is 1.10 bits per heavy atom. The van der Waals surface area contributed by atoms with Gasteiger partial charge in [-0.2, -0.15) is 13.2 Å². The standard InChI is InChI=1S/C18H17F3/c1-12(2)15-8-7-13(3)16(11-15)9-14-5-4-6-17(10-14)18(19,20)21/h4-8,10-11H,1,9H2,2-3H3. The molecule has 0 unspecified atom stereocenters. The molecule has 0 nitrogen and oxygen atoms in total. The monoisotopic (exact) mass is 290 g/mol. The first-order chi connectivity index (χ1) is 9.77. The topological polar surface area (TPSA) is 0 Å². The van der Waals surface area contributed by atoms with Crippen LogP contribution in [0.5, 0.6) is 0 Å². The van der Waals surface area contributed by atoms with Crippen molar-refractivity contribution in [2.24, 2.45) is 0 Å². The first-order valence-electron chi connectivity index (χ1n) is 6.69. The van der Waals surface area contributed by atoms with Gasteiger partial charge in [0.1, 0.15) is 0 Å². The third-order valence-corrected chi connectivity index (χ3v) is 3.49. The lowest BCUT2D eigenvalue weighted by atomic mass is 9.95. The minimum absolute atomic E-state index is 0.483. The van der Waals surface area contributed by atoms with Crippen molar-refractivity contribution in [3.05, 3.63) is 76.9 Å². The maximum Gasteiger partial charge on any atom is 0.416 e. The van der Waals surface area contributed by atoms with Crippen LogP contribution in [0, 0.1) is 6.92 Å². The van der Waals surface area contributed by atoms with E-state index in [2.05, 4.69) is 6.58 Å². The predicted molar refractivity (Wildman–Crippen MR) is 80.1 cm³/mol. The molecule has 0 saturated heterocycles. The van der Waals surface area contributed by atoms with Crippen molar-refractivity contribution in [2.45, 2.75) is 26.4 Å². The van der Waals surface area contributed by atoms with Gasteiger partial charge in [-0.3, -0.25) is 0 Å². The number of hydrogen-bond donors (Lipinski definition) is 0. The fourth-order valence-electron chi connectivity index (χ4n) is 2.20. The summed E-state index contributed by atoms with van der Waals surface area (Å²) in [5.41, 5.74) is 4.11. The van der Waals surface area contributed by atoms with Crippen LogP contribution in [0.25, 0.3) is 5.57 Å². The van der Waals surface area contributed by atoms with Gasteiger partial charge in [-0.05, 0) is 48.6 Å². The number of hydrogen-bond acceptors (Lipinski definition) is 0. The second-order valence-electron chi connectivity index (χ2n) is 5.30. The molecule has 0 bridgehead atoms. The van der Waals surface area contributed by atoms with E-state index in [-0.39, 0.29) is 0 Å². The van der Waals surface area contributed by atoms with Gasteiger partial charge in [0, 0.05) is 0 Å². The lowest BCUT2D eigenvalue weighted by Gasteiger charge is -2.11. The fourth-order valence-corrected chi connectivity index (χ4v) is 2.20. The number of benzene rings is 2. The van der Waals surface area contributed by atoms with Crippen molar-refractivity contribution in [1.29, 1.82) is 0 Å². The van der Waals surface area contributed by atoms with Crippen LogP contribution in [-0.4, -0.2) is 0 Å². The third kappa shape index (κ3) is 3.75. The maximum absolute atomic E-state index is 12.7. The average Bonchev–Trinajstić information content (AvgIpc) is 2.40. The van der Waals surface area contributed by atoms with Gasteiger partial charge in [0.2, 0.25) is 0 Å². The molecule has 0 spiro atoms. The van der Waals surface area contributed by atoms with E-state index in [0.29, 0.717) is 12.0 Å². The van der Waals surface area contributed by atoms with Crippen molar-refractivity contribution < 1.29 is 13.2 Å². The number of allylic oxidation sites excluding steroid dienone is 1. The Labute approximate surface area is 122 Å². The van der Waals surface area contributed by atoms with Crippen LogP contribution in [0.1, 0.15) is 34.7 Å². The van der Waals surface area contributed by atoms with Gasteiger partial charge in [-0.25, -0.2) is 0 Å². The summed E-state index contributed by atoms with van der Waals surface area (Å²) in [4.78, 5) is 0.